The van der Waals surface area contributed by atoms with Gasteiger partial charge >= 0.3 is 0 Å². The predicted molar refractivity (Wildman–Crippen MR) is 56.2 cm³/mol. The number of hydrogen-bond donors (Lipinski definition) is 1. The fourth-order valence-corrected chi connectivity index (χ4v) is 2.28. The molecular formula is C12H15F2N. The molecule has 2 rings (SSSR count). The quantitative estimate of drug-likeness (QED) is 0.792. The first-order valence-electron chi connectivity index (χ1n) is 5.30. The smallest absolute Gasteiger partial charge is 0.248 e. The summed E-state index contributed by atoms with van der Waals surface area (Å²) in [5, 5.41) is 3.13. The largest absolute Gasteiger partial charge is 0.317 e. The van der Waals surface area contributed by atoms with Crippen molar-refractivity contribution < 1.29 is 8.78 Å². The molecule has 1 N–H and O–H groups in total. The van der Waals surface area contributed by atoms with Crippen LogP contribution in [0.3, 0.4) is 0 Å². The van der Waals surface area contributed by atoms with Crippen LogP contribution in [0.5, 0.6) is 0 Å². The van der Waals surface area contributed by atoms with Crippen molar-refractivity contribution in [3.8, 4) is 0 Å². The highest BCUT2D eigenvalue weighted by molar-refractivity contribution is 5.27. The van der Waals surface area contributed by atoms with Crippen LogP contribution in [0.1, 0.15) is 18.4 Å². The zero-order chi connectivity index (χ0) is 10.7. The van der Waals surface area contributed by atoms with E-state index in [2.05, 4.69) is 5.32 Å². The van der Waals surface area contributed by atoms with Gasteiger partial charge in [0.1, 0.15) is 0 Å². The van der Waals surface area contributed by atoms with Gasteiger partial charge in [0.25, 0.3) is 0 Å². The third-order valence-electron chi connectivity index (χ3n) is 3.26. The third kappa shape index (κ3) is 1.88. The molecule has 0 radical (unpaired) electrons. The van der Waals surface area contributed by atoms with Crippen LogP contribution in [0.2, 0.25) is 0 Å². The van der Waals surface area contributed by atoms with Crippen molar-refractivity contribution in [2.24, 2.45) is 0 Å². The topological polar surface area (TPSA) is 12.0 Å². The van der Waals surface area contributed by atoms with Gasteiger partial charge in [0, 0.05) is 0 Å². The van der Waals surface area contributed by atoms with Gasteiger partial charge in [0.05, 0.1) is 5.41 Å². The SMILES string of the molecule is FC(F)C1(c2ccccc2)CCNCC1. The second kappa shape index (κ2) is 4.27. The Kier molecular flexibility index (Phi) is 3.00. The predicted octanol–water partition coefficient (Wildman–Crippen LogP) is 2.57. The second-order valence-electron chi connectivity index (χ2n) is 4.07. The first-order valence-corrected chi connectivity index (χ1v) is 5.30. The van der Waals surface area contributed by atoms with Gasteiger partial charge in [-0.3, -0.25) is 0 Å². The Bertz CT molecular complexity index is 305. The van der Waals surface area contributed by atoms with E-state index in [1.807, 2.05) is 30.3 Å². The molecule has 0 spiro atoms. The van der Waals surface area contributed by atoms with Crippen molar-refractivity contribution >= 4 is 0 Å². The number of halogens is 2. The van der Waals surface area contributed by atoms with E-state index in [1.165, 1.54) is 0 Å². The lowest BCUT2D eigenvalue weighted by molar-refractivity contribution is 0.0296. The highest BCUT2D eigenvalue weighted by Crippen LogP contribution is 2.38. The average molecular weight is 211 g/mol. The summed E-state index contributed by atoms with van der Waals surface area (Å²) in [5.41, 5.74) is -0.145. The van der Waals surface area contributed by atoms with E-state index in [1.54, 1.807) is 0 Å². The number of alkyl halides is 2. The summed E-state index contributed by atoms with van der Waals surface area (Å²) in [4.78, 5) is 0. The molecule has 1 aromatic rings. The highest BCUT2D eigenvalue weighted by atomic mass is 19.3. The third-order valence-corrected chi connectivity index (χ3v) is 3.26. The summed E-state index contributed by atoms with van der Waals surface area (Å²) in [7, 11) is 0. The molecule has 1 saturated heterocycles. The normalized spacial score (nSPS) is 20.5. The maximum atomic E-state index is 13.2. The van der Waals surface area contributed by atoms with Crippen molar-refractivity contribution in [3.63, 3.8) is 0 Å². The zero-order valence-corrected chi connectivity index (χ0v) is 8.55. The zero-order valence-electron chi connectivity index (χ0n) is 8.55. The Balaban J connectivity index is 2.34. The maximum absolute atomic E-state index is 13.2. The number of nitrogens with one attached hydrogen (secondary N) is 1. The molecule has 0 amide bonds. The lowest BCUT2D eigenvalue weighted by Crippen LogP contribution is -2.44. The van der Waals surface area contributed by atoms with E-state index in [0.29, 0.717) is 25.9 Å². The van der Waals surface area contributed by atoms with E-state index < -0.39 is 11.8 Å². The van der Waals surface area contributed by atoms with Crippen LogP contribution in [0, 0.1) is 0 Å². The monoisotopic (exact) mass is 211 g/mol. The van der Waals surface area contributed by atoms with Crippen molar-refractivity contribution in [3.05, 3.63) is 35.9 Å². The van der Waals surface area contributed by atoms with Crippen LogP contribution in [0.25, 0.3) is 0 Å². The summed E-state index contributed by atoms with van der Waals surface area (Å²) in [6.45, 7) is 1.36. The molecule has 15 heavy (non-hydrogen) atoms. The van der Waals surface area contributed by atoms with Crippen LogP contribution in [-0.2, 0) is 5.41 Å². The lowest BCUT2D eigenvalue weighted by Gasteiger charge is -2.37. The minimum Gasteiger partial charge on any atom is -0.317 e. The minimum absolute atomic E-state index is 0.523. The van der Waals surface area contributed by atoms with Crippen LogP contribution in [0.4, 0.5) is 8.78 Å². The molecule has 1 aliphatic heterocycles. The summed E-state index contributed by atoms with van der Waals surface area (Å²) in [6.07, 6.45) is -1.23. The standard InChI is InChI=1S/C12H15F2N/c13-11(14)12(6-8-15-9-7-12)10-4-2-1-3-5-10/h1-5,11,15H,6-9H2. The van der Waals surface area contributed by atoms with Crippen molar-refractivity contribution in [2.45, 2.75) is 24.7 Å². The average Bonchev–Trinajstić information content (AvgIpc) is 2.31. The molecule has 82 valence electrons. The molecule has 0 aromatic heterocycles. The van der Waals surface area contributed by atoms with E-state index in [-0.39, 0.29) is 0 Å². The Morgan fingerprint density at radius 1 is 1.07 bits per heavy atom. The maximum Gasteiger partial charge on any atom is 0.248 e. The number of piperidine rings is 1. The van der Waals surface area contributed by atoms with Crippen LogP contribution >= 0.6 is 0 Å². The molecule has 0 bridgehead atoms. The van der Waals surface area contributed by atoms with E-state index in [4.69, 9.17) is 0 Å². The number of hydrogen-bond acceptors (Lipinski definition) is 1. The summed E-state index contributed by atoms with van der Waals surface area (Å²) >= 11 is 0. The Morgan fingerprint density at radius 2 is 1.67 bits per heavy atom. The Labute approximate surface area is 88.5 Å². The summed E-state index contributed by atoms with van der Waals surface area (Å²) < 4.78 is 26.5. The molecule has 3 heteroatoms. The molecule has 1 aliphatic rings. The molecular weight excluding hydrogens is 196 g/mol. The van der Waals surface area contributed by atoms with Gasteiger partial charge in [0.2, 0.25) is 6.43 Å². The number of rotatable bonds is 2. The first-order chi connectivity index (χ1) is 7.26. The first kappa shape index (κ1) is 10.6. The van der Waals surface area contributed by atoms with Gasteiger partial charge < -0.3 is 5.32 Å². The van der Waals surface area contributed by atoms with Crippen molar-refractivity contribution in [2.75, 3.05) is 13.1 Å². The van der Waals surface area contributed by atoms with Crippen LogP contribution < -0.4 is 5.32 Å². The van der Waals surface area contributed by atoms with Crippen LogP contribution in [-0.4, -0.2) is 19.5 Å². The van der Waals surface area contributed by atoms with Gasteiger partial charge in [-0.2, -0.15) is 0 Å². The van der Waals surface area contributed by atoms with Gasteiger partial charge in [0.15, 0.2) is 0 Å². The molecule has 1 nitrogen and oxygen atoms in total. The van der Waals surface area contributed by atoms with Gasteiger partial charge in [-0.05, 0) is 31.5 Å². The fourth-order valence-electron chi connectivity index (χ4n) is 2.28. The number of benzene rings is 1. The van der Waals surface area contributed by atoms with Crippen molar-refractivity contribution in [1.29, 1.82) is 0 Å². The second-order valence-corrected chi connectivity index (χ2v) is 4.07. The summed E-state index contributed by atoms with van der Waals surface area (Å²) in [5.74, 6) is 0. The lowest BCUT2D eigenvalue weighted by atomic mass is 9.73. The molecule has 1 fully saturated rings. The Morgan fingerprint density at radius 3 is 2.20 bits per heavy atom. The molecule has 0 atom stereocenters. The molecule has 0 saturated carbocycles. The van der Waals surface area contributed by atoms with Crippen LogP contribution in [0.15, 0.2) is 30.3 Å². The Hall–Kier alpha value is -0.960. The van der Waals surface area contributed by atoms with Crippen molar-refractivity contribution in [1.82, 2.24) is 5.32 Å². The molecule has 0 aliphatic carbocycles. The van der Waals surface area contributed by atoms with Gasteiger partial charge in [-0.25, -0.2) is 8.78 Å². The van der Waals surface area contributed by atoms with Gasteiger partial charge in [-0.15, -0.1) is 0 Å². The molecule has 0 unspecified atom stereocenters. The fraction of sp³-hybridized carbons (Fsp3) is 0.500. The van der Waals surface area contributed by atoms with Gasteiger partial charge in [-0.1, -0.05) is 30.3 Å². The molecule has 1 aromatic carbocycles. The van der Waals surface area contributed by atoms with E-state index in [9.17, 15) is 8.78 Å². The van der Waals surface area contributed by atoms with E-state index in [0.717, 1.165) is 5.56 Å². The van der Waals surface area contributed by atoms with E-state index >= 15 is 0 Å². The summed E-state index contributed by atoms with van der Waals surface area (Å²) in [6, 6.07) is 9.17. The molecule has 1 heterocycles. The highest BCUT2D eigenvalue weighted by Gasteiger charge is 2.42. The minimum atomic E-state index is -2.28.